The number of nitrogens with zero attached hydrogens (tertiary/aromatic N) is 2. The van der Waals surface area contributed by atoms with Crippen LogP contribution in [0.25, 0.3) is 17.2 Å². The van der Waals surface area contributed by atoms with Gasteiger partial charge in [0.2, 0.25) is 23.6 Å². The van der Waals surface area contributed by atoms with Gasteiger partial charge in [-0.2, -0.15) is 8.78 Å². The van der Waals surface area contributed by atoms with E-state index in [4.69, 9.17) is 9.79 Å². The first-order valence-electron chi connectivity index (χ1n) is 15.3. The second-order valence-electron chi connectivity index (χ2n) is 11.8. The molecule has 4 amide bonds. The minimum Gasteiger partial charge on any atom is -0.340 e. The Labute approximate surface area is 275 Å². The van der Waals surface area contributed by atoms with Crippen LogP contribution in [-0.2, 0) is 29.4 Å². The molecule has 2 saturated heterocycles. The van der Waals surface area contributed by atoms with Crippen LogP contribution < -0.4 is 10.6 Å². The molecule has 3 aromatic rings. The monoisotopic (exact) mass is 680 g/mol. The summed E-state index contributed by atoms with van der Waals surface area (Å²) in [4.78, 5) is 73.7. The van der Waals surface area contributed by atoms with Crippen molar-refractivity contribution in [2.75, 3.05) is 18.4 Å². The standard InChI is InChI=1S/C34H35F2N4O7P/c1-22(41)39-20-19-28-16-17-30(32(43)37-27-14-10-25(11-15-27)24-5-3-2-4-6-24)40(28)33(44)29(21-39)38-31(42)18-9-23-7-12-26(13-8-23)34(35,36)48(45,46)47/h2-15,18,28-30H,16-17,19-21H2,1H3,(H,37,43)(H,38,42)(H2,45,46,47)/b18-9+/t28-,29+,30+/m1/s1. The summed E-state index contributed by atoms with van der Waals surface area (Å²) in [7, 11) is -5.74. The molecule has 2 aliphatic rings. The van der Waals surface area contributed by atoms with Crippen LogP contribution in [0.3, 0.4) is 0 Å². The van der Waals surface area contributed by atoms with Crippen LogP contribution in [0, 0.1) is 0 Å². The molecular weight excluding hydrogens is 645 g/mol. The van der Waals surface area contributed by atoms with Crippen LogP contribution in [0.1, 0.15) is 37.3 Å². The topological polar surface area (TPSA) is 156 Å². The Balaban J connectivity index is 1.29. The molecule has 14 heteroatoms. The van der Waals surface area contributed by atoms with Gasteiger partial charge in [0.15, 0.2) is 0 Å². The molecule has 252 valence electrons. The predicted octanol–water partition coefficient (Wildman–Crippen LogP) is 4.33. The molecule has 0 aromatic heterocycles. The summed E-state index contributed by atoms with van der Waals surface area (Å²) in [6.07, 6.45) is 3.77. The number of hydrogen-bond donors (Lipinski definition) is 4. The first kappa shape index (κ1) is 34.6. The van der Waals surface area contributed by atoms with E-state index in [1.807, 2.05) is 42.5 Å². The second-order valence-corrected chi connectivity index (χ2v) is 13.4. The molecule has 3 atom stereocenters. The lowest BCUT2D eigenvalue weighted by atomic mass is 10.1. The smallest absolute Gasteiger partial charge is 0.340 e. The van der Waals surface area contributed by atoms with Crippen molar-refractivity contribution in [2.24, 2.45) is 0 Å². The number of carbonyl (C=O) groups is 4. The average molecular weight is 681 g/mol. The van der Waals surface area contributed by atoms with Crippen molar-refractivity contribution in [1.29, 1.82) is 0 Å². The van der Waals surface area contributed by atoms with Crippen molar-refractivity contribution in [1.82, 2.24) is 15.1 Å². The Morgan fingerprint density at radius 3 is 2.19 bits per heavy atom. The van der Waals surface area contributed by atoms with Crippen LogP contribution in [0.2, 0.25) is 0 Å². The lowest BCUT2D eigenvalue weighted by Crippen LogP contribution is -2.60. The van der Waals surface area contributed by atoms with Gasteiger partial charge in [0.25, 0.3) is 0 Å². The third kappa shape index (κ3) is 7.70. The van der Waals surface area contributed by atoms with Crippen LogP contribution in [0.4, 0.5) is 14.5 Å². The van der Waals surface area contributed by atoms with Gasteiger partial charge in [-0.1, -0.05) is 66.7 Å². The highest BCUT2D eigenvalue weighted by Gasteiger charge is 2.50. The zero-order chi connectivity index (χ0) is 34.6. The van der Waals surface area contributed by atoms with Gasteiger partial charge in [-0.25, -0.2) is 0 Å². The molecule has 0 saturated carbocycles. The van der Waals surface area contributed by atoms with Gasteiger partial charge in [-0.05, 0) is 54.2 Å². The zero-order valence-corrected chi connectivity index (χ0v) is 26.9. The van der Waals surface area contributed by atoms with Gasteiger partial charge in [0.05, 0.1) is 0 Å². The van der Waals surface area contributed by atoms with Crippen molar-refractivity contribution < 1.29 is 42.3 Å². The highest BCUT2D eigenvalue weighted by Crippen LogP contribution is 2.59. The Morgan fingerprint density at radius 2 is 1.56 bits per heavy atom. The van der Waals surface area contributed by atoms with Crippen molar-refractivity contribution in [3.05, 3.63) is 96.1 Å². The fraction of sp³-hybridized carbons (Fsp3) is 0.294. The maximum Gasteiger partial charge on any atom is 0.399 e. The number of carbonyl (C=O) groups excluding carboxylic acids is 4. The molecule has 2 aliphatic heterocycles. The highest BCUT2D eigenvalue weighted by molar-refractivity contribution is 7.52. The molecular formula is C34H35F2N4O7P. The summed E-state index contributed by atoms with van der Waals surface area (Å²) in [6.45, 7) is 1.58. The molecule has 2 heterocycles. The Bertz CT molecular complexity index is 1750. The fourth-order valence-electron chi connectivity index (χ4n) is 5.98. The summed E-state index contributed by atoms with van der Waals surface area (Å²) < 4.78 is 39.1. The third-order valence-corrected chi connectivity index (χ3v) is 9.56. The molecule has 0 aliphatic carbocycles. The van der Waals surface area contributed by atoms with Gasteiger partial charge in [0, 0.05) is 43.4 Å². The number of hydrogen-bond acceptors (Lipinski definition) is 5. The van der Waals surface area contributed by atoms with E-state index in [0.717, 1.165) is 41.5 Å². The number of nitrogens with one attached hydrogen (secondary N) is 2. The van der Waals surface area contributed by atoms with Gasteiger partial charge < -0.3 is 30.2 Å². The number of halogens is 2. The Kier molecular flexibility index (Phi) is 10.2. The maximum atomic E-state index is 14.0. The SMILES string of the molecule is CC(=O)N1CC[C@H]2CC[C@@H](C(=O)Nc3ccc(-c4ccccc4)cc3)N2C(=O)[C@@H](NC(=O)/C=C/c2ccc(C(F)(F)P(=O)(O)O)cc2)C1. The van der Waals surface area contributed by atoms with E-state index < -0.39 is 42.7 Å². The van der Waals surface area contributed by atoms with Crippen LogP contribution in [-0.4, -0.2) is 74.4 Å². The first-order valence-corrected chi connectivity index (χ1v) is 16.9. The molecule has 5 rings (SSSR count). The van der Waals surface area contributed by atoms with Gasteiger partial charge >= 0.3 is 13.3 Å². The Hall–Kier alpha value is -4.71. The summed E-state index contributed by atoms with van der Waals surface area (Å²) in [5.74, 6) is -1.85. The van der Waals surface area contributed by atoms with E-state index in [-0.39, 0.29) is 30.0 Å². The largest absolute Gasteiger partial charge is 0.399 e. The second kappa shape index (κ2) is 14.2. The third-order valence-electron chi connectivity index (χ3n) is 8.57. The van der Waals surface area contributed by atoms with Crippen LogP contribution >= 0.6 is 7.60 Å². The zero-order valence-electron chi connectivity index (χ0n) is 26.0. The van der Waals surface area contributed by atoms with Crippen molar-refractivity contribution in [3.63, 3.8) is 0 Å². The number of anilines is 1. The maximum absolute atomic E-state index is 14.0. The molecule has 0 radical (unpaired) electrons. The number of rotatable bonds is 8. The quantitative estimate of drug-likeness (QED) is 0.204. The van der Waals surface area contributed by atoms with E-state index in [9.17, 15) is 32.5 Å². The molecule has 0 bridgehead atoms. The predicted molar refractivity (Wildman–Crippen MR) is 174 cm³/mol. The van der Waals surface area contributed by atoms with Gasteiger partial charge in [-0.3, -0.25) is 23.7 Å². The minimum atomic E-state index is -5.74. The number of alkyl halides is 2. The van der Waals surface area contributed by atoms with E-state index >= 15 is 0 Å². The van der Waals surface area contributed by atoms with Gasteiger partial charge in [0.1, 0.15) is 12.1 Å². The summed E-state index contributed by atoms with van der Waals surface area (Å²) in [5, 5.41) is 5.53. The van der Waals surface area contributed by atoms with Crippen LogP contribution in [0.5, 0.6) is 0 Å². The van der Waals surface area contributed by atoms with Crippen molar-refractivity contribution >= 4 is 43.0 Å². The van der Waals surface area contributed by atoms with Gasteiger partial charge in [-0.15, -0.1) is 0 Å². The average Bonchev–Trinajstić information content (AvgIpc) is 3.48. The number of amides is 4. The summed E-state index contributed by atoms with van der Waals surface area (Å²) >= 11 is 0. The fourth-order valence-corrected chi connectivity index (χ4v) is 6.47. The molecule has 2 fully saturated rings. The van der Waals surface area contributed by atoms with E-state index in [0.29, 0.717) is 31.5 Å². The normalized spacial score (nSPS) is 20.2. The summed E-state index contributed by atoms with van der Waals surface area (Å²) in [6, 6.07) is 18.9. The molecule has 0 unspecified atom stereocenters. The van der Waals surface area contributed by atoms with Crippen molar-refractivity contribution in [2.45, 2.75) is 50.0 Å². The highest BCUT2D eigenvalue weighted by atomic mass is 31.2. The summed E-state index contributed by atoms with van der Waals surface area (Å²) in [5.41, 5.74) is -2.40. The van der Waals surface area contributed by atoms with E-state index in [2.05, 4.69) is 10.6 Å². The first-order chi connectivity index (χ1) is 22.7. The Morgan fingerprint density at radius 1 is 0.917 bits per heavy atom. The van der Waals surface area contributed by atoms with E-state index in [1.54, 1.807) is 12.1 Å². The number of benzene rings is 3. The van der Waals surface area contributed by atoms with Crippen LogP contribution in [0.15, 0.2) is 84.9 Å². The molecule has 11 nitrogen and oxygen atoms in total. The minimum absolute atomic E-state index is 0.113. The number of fused-ring (bicyclic) bond motifs is 1. The molecule has 4 N–H and O–H groups in total. The lowest BCUT2D eigenvalue weighted by Gasteiger charge is -2.38. The lowest BCUT2D eigenvalue weighted by molar-refractivity contribution is -0.145. The van der Waals surface area contributed by atoms with E-state index in [1.165, 1.54) is 22.8 Å². The molecule has 3 aromatic carbocycles. The molecule has 48 heavy (non-hydrogen) atoms. The van der Waals surface area contributed by atoms with Crippen molar-refractivity contribution in [3.8, 4) is 11.1 Å². The molecule has 0 spiro atoms.